The predicted molar refractivity (Wildman–Crippen MR) is 114 cm³/mol. The molecule has 1 fully saturated rings. The summed E-state index contributed by atoms with van der Waals surface area (Å²) in [7, 11) is 1.65. The smallest absolute Gasteiger partial charge is 0.242 e. The van der Waals surface area contributed by atoms with Crippen LogP contribution in [-0.4, -0.2) is 48.4 Å². The average molecular weight is 413 g/mol. The predicted octanol–water partition coefficient (Wildman–Crippen LogP) is 3.88. The third kappa shape index (κ3) is 4.17. The van der Waals surface area contributed by atoms with Gasteiger partial charge in [0.15, 0.2) is 0 Å². The van der Waals surface area contributed by atoms with E-state index >= 15 is 0 Å². The molecule has 2 heterocycles. The van der Waals surface area contributed by atoms with Gasteiger partial charge in [-0.2, -0.15) is 0 Å². The number of thiophene rings is 1. The number of rotatable bonds is 7. The zero-order chi connectivity index (χ0) is 20.4. The maximum absolute atomic E-state index is 13.4. The quantitative estimate of drug-likeness (QED) is 0.693. The molecule has 0 saturated heterocycles. The Kier molecular flexibility index (Phi) is 5.90. The van der Waals surface area contributed by atoms with Crippen molar-refractivity contribution >= 4 is 23.2 Å². The van der Waals surface area contributed by atoms with Gasteiger partial charge < -0.3 is 14.5 Å². The van der Waals surface area contributed by atoms with Crippen molar-refractivity contribution in [2.75, 3.05) is 26.7 Å². The highest BCUT2D eigenvalue weighted by molar-refractivity contribution is 7.10. The molecule has 2 amide bonds. The van der Waals surface area contributed by atoms with Crippen molar-refractivity contribution in [1.82, 2.24) is 9.80 Å². The van der Waals surface area contributed by atoms with Gasteiger partial charge in [0.2, 0.25) is 11.8 Å². The fourth-order valence-corrected chi connectivity index (χ4v) is 5.01. The molecule has 2 aromatic rings. The van der Waals surface area contributed by atoms with Crippen LogP contribution < -0.4 is 4.74 Å². The topological polar surface area (TPSA) is 49.9 Å². The highest BCUT2D eigenvalue weighted by Gasteiger charge is 2.37. The monoisotopic (exact) mass is 412 g/mol. The van der Waals surface area contributed by atoms with Crippen LogP contribution in [0, 0.1) is 5.92 Å². The number of carbonyl (C=O) groups is 2. The van der Waals surface area contributed by atoms with Crippen LogP contribution in [0.5, 0.6) is 5.75 Å². The summed E-state index contributed by atoms with van der Waals surface area (Å²) in [6.45, 7) is 3.55. The Labute approximate surface area is 176 Å². The first kappa shape index (κ1) is 20.0. The molecule has 5 nitrogen and oxygen atoms in total. The molecule has 1 aromatic heterocycles. The summed E-state index contributed by atoms with van der Waals surface area (Å²) in [6.07, 6.45) is 3.66. The molecule has 1 aliphatic carbocycles. The summed E-state index contributed by atoms with van der Waals surface area (Å²) >= 11 is 1.76. The van der Waals surface area contributed by atoms with Crippen LogP contribution in [0.15, 0.2) is 35.7 Å². The lowest BCUT2D eigenvalue weighted by Crippen LogP contribution is -2.47. The highest BCUT2D eigenvalue weighted by atomic mass is 32.1. The summed E-state index contributed by atoms with van der Waals surface area (Å²) in [5.74, 6) is 1.12. The Balaban J connectivity index is 1.59. The molecule has 0 bridgehead atoms. The van der Waals surface area contributed by atoms with Gasteiger partial charge in [-0.05, 0) is 60.4 Å². The molecular formula is C23H28N2O3S. The van der Waals surface area contributed by atoms with Gasteiger partial charge >= 0.3 is 0 Å². The lowest BCUT2D eigenvalue weighted by Gasteiger charge is -2.37. The molecule has 1 atom stereocenters. The number of carbonyl (C=O) groups excluding carboxylic acids is 2. The molecule has 29 heavy (non-hydrogen) atoms. The molecule has 0 N–H and O–H groups in total. The van der Waals surface area contributed by atoms with Crippen molar-refractivity contribution in [2.45, 2.75) is 38.6 Å². The van der Waals surface area contributed by atoms with E-state index in [4.69, 9.17) is 4.74 Å². The Morgan fingerprint density at radius 2 is 1.97 bits per heavy atom. The molecule has 4 rings (SSSR count). The van der Waals surface area contributed by atoms with Crippen molar-refractivity contribution in [3.8, 4) is 5.75 Å². The number of amides is 2. The van der Waals surface area contributed by atoms with Gasteiger partial charge in [0, 0.05) is 23.9 Å². The Morgan fingerprint density at radius 3 is 2.62 bits per heavy atom. The average Bonchev–Trinajstić information content (AvgIpc) is 3.49. The Morgan fingerprint density at radius 1 is 1.21 bits per heavy atom. The SMILES string of the molecule is CCCN(CC(=O)N1CCc2sccc2[C@@H]1c1ccc(OC)cc1)C(=O)C1CC1. The van der Waals surface area contributed by atoms with Crippen LogP contribution in [0.3, 0.4) is 0 Å². The Hall–Kier alpha value is -2.34. The largest absolute Gasteiger partial charge is 0.497 e. The van der Waals surface area contributed by atoms with Crippen molar-refractivity contribution in [2.24, 2.45) is 5.92 Å². The molecule has 1 aromatic carbocycles. The van der Waals surface area contributed by atoms with Crippen LogP contribution in [0.4, 0.5) is 0 Å². The van der Waals surface area contributed by atoms with Crippen LogP contribution in [0.1, 0.15) is 48.2 Å². The molecule has 0 spiro atoms. The molecule has 154 valence electrons. The normalized spacial score (nSPS) is 18.3. The van der Waals surface area contributed by atoms with Gasteiger partial charge in [0.25, 0.3) is 0 Å². The Bertz CT molecular complexity index is 873. The lowest BCUT2D eigenvalue weighted by molar-refractivity contribution is -0.142. The second-order valence-electron chi connectivity index (χ2n) is 7.85. The zero-order valence-electron chi connectivity index (χ0n) is 17.1. The van der Waals surface area contributed by atoms with Gasteiger partial charge in [-0.1, -0.05) is 19.1 Å². The maximum Gasteiger partial charge on any atom is 0.242 e. The fraction of sp³-hybridized carbons (Fsp3) is 0.478. The molecule has 1 aliphatic heterocycles. The molecule has 0 radical (unpaired) electrons. The minimum Gasteiger partial charge on any atom is -0.497 e. The number of hydrogen-bond acceptors (Lipinski definition) is 4. The van der Waals surface area contributed by atoms with Crippen molar-refractivity contribution in [3.05, 3.63) is 51.7 Å². The van der Waals surface area contributed by atoms with Gasteiger partial charge in [-0.15, -0.1) is 11.3 Å². The van der Waals surface area contributed by atoms with E-state index in [1.165, 1.54) is 10.4 Å². The molecular weight excluding hydrogens is 384 g/mol. The van der Waals surface area contributed by atoms with Gasteiger partial charge in [0.05, 0.1) is 19.7 Å². The number of nitrogens with zero attached hydrogens (tertiary/aromatic N) is 2. The summed E-state index contributed by atoms with van der Waals surface area (Å²) in [6, 6.07) is 9.99. The molecule has 6 heteroatoms. The first-order chi connectivity index (χ1) is 14.1. The first-order valence-electron chi connectivity index (χ1n) is 10.4. The van der Waals surface area contributed by atoms with Crippen molar-refractivity contribution in [3.63, 3.8) is 0 Å². The maximum atomic E-state index is 13.4. The highest BCUT2D eigenvalue weighted by Crippen LogP contribution is 2.38. The zero-order valence-corrected chi connectivity index (χ0v) is 17.9. The molecule has 1 saturated carbocycles. The van der Waals surface area contributed by atoms with E-state index in [9.17, 15) is 9.59 Å². The third-order valence-corrected chi connectivity index (χ3v) is 6.77. The van der Waals surface area contributed by atoms with Crippen molar-refractivity contribution < 1.29 is 14.3 Å². The van der Waals surface area contributed by atoms with Gasteiger partial charge in [0.1, 0.15) is 5.75 Å². The van der Waals surface area contributed by atoms with E-state index in [2.05, 4.69) is 18.4 Å². The van der Waals surface area contributed by atoms with Crippen LogP contribution in [0.2, 0.25) is 0 Å². The summed E-state index contributed by atoms with van der Waals surface area (Å²) in [5.41, 5.74) is 2.28. The van der Waals surface area contributed by atoms with Crippen molar-refractivity contribution in [1.29, 1.82) is 0 Å². The summed E-state index contributed by atoms with van der Waals surface area (Å²) in [5, 5.41) is 2.11. The van der Waals surface area contributed by atoms with E-state index in [1.54, 1.807) is 23.3 Å². The minimum absolute atomic E-state index is 0.0325. The van der Waals surface area contributed by atoms with E-state index in [1.807, 2.05) is 29.2 Å². The minimum atomic E-state index is -0.108. The second-order valence-corrected chi connectivity index (χ2v) is 8.85. The van der Waals surface area contributed by atoms with Crippen LogP contribution in [-0.2, 0) is 16.0 Å². The van der Waals surface area contributed by atoms with Gasteiger partial charge in [-0.3, -0.25) is 9.59 Å². The lowest BCUT2D eigenvalue weighted by atomic mass is 9.93. The fourth-order valence-electron chi connectivity index (χ4n) is 4.11. The number of ether oxygens (including phenoxy) is 1. The summed E-state index contributed by atoms with van der Waals surface area (Å²) in [4.78, 5) is 31.1. The first-order valence-corrected chi connectivity index (χ1v) is 11.3. The van der Waals surface area contributed by atoms with E-state index < -0.39 is 0 Å². The number of methoxy groups -OCH3 is 1. The van der Waals surface area contributed by atoms with E-state index in [-0.39, 0.29) is 30.3 Å². The number of benzene rings is 1. The van der Waals surface area contributed by atoms with E-state index in [0.29, 0.717) is 13.1 Å². The van der Waals surface area contributed by atoms with Crippen LogP contribution >= 0.6 is 11.3 Å². The molecule has 0 unspecified atom stereocenters. The standard InChI is InChI=1S/C23H28N2O3S/c1-3-12-24(23(27)17-4-5-17)15-21(26)25-13-10-20-19(11-14-29-20)22(25)16-6-8-18(28-2)9-7-16/h6-9,11,14,17,22H,3-5,10,12-13,15H2,1-2H3/t22-/m0/s1. The number of hydrogen-bond donors (Lipinski definition) is 0. The summed E-state index contributed by atoms with van der Waals surface area (Å²) < 4.78 is 5.30. The van der Waals surface area contributed by atoms with Crippen LogP contribution in [0.25, 0.3) is 0 Å². The number of fused-ring (bicyclic) bond motifs is 1. The third-order valence-electron chi connectivity index (χ3n) is 5.78. The molecule has 2 aliphatic rings. The van der Waals surface area contributed by atoms with Gasteiger partial charge in [-0.25, -0.2) is 0 Å². The van der Waals surface area contributed by atoms with E-state index in [0.717, 1.165) is 37.0 Å². The second kappa shape index (κ2) is 8.57.